The van der Waals surface area contributed by atoms with E-state index in [0.717, 1.165) is 16.9 Å². The van der Waals surface area contributed by atoms with Crippen molar-refractivity contribution >= 4 is 11.6 Å². The molecule has 1 heterocycles. The zero-order valence-electron chi connectivity index (χ0n) is 16.1. The number of amides is 1. The van der Waals surface area contributed by atoms with Gasteiger partial charge < -0.3 is 19.5 Å². The SMILES string of the molecule is COc1ccccc1Oc1ccc(NC(=O)COc2c(C)cccc2C)cn1. The smallest absolute Gasteiger partial charge is 0.262 e. The molecular weight excluding hydrogens is 356 g/mol. The fourth-order valence-corrected chi connectivity index (χ4v) is 2.69. The molecule has 0 aliphatic rings. The number of aryl methyl sites for hydroxylation is 2. The third kappa shape index (κ3) is 4.79. The Morgan fingerprint density at radius 2 is 1.68 bits per heavy atom. The number of nitrogens with zero attached hydrogens (tertiary/aromatic N) is 1. The first-order chi connectivity index (χ1) is 13.6. The second-order valence-corrected chi connectivity index (χ2v) is 6.20. The van der Waals surface area contributed by atoms with Crippen molar-refractivity contribution in [3.05, 3.63) is 71.9 Å². The van der Waals surface area contributed by atoms with Gasteiger partial charge in [0.2, 0.25) is 5.88 Å². The van der Waals surface area contributed by atoms with E-state index >= 15 is 0 Å². The molecule has 0 spiro atoms. The Balaban J connectivity index is 1.57. The van der Waals surface area contributed by atoms with Crippen molar-refractivity contribution in [1.29, 1.82) is 0 Å². The van der Waals surface area contributed by atoms with E-state index in [-0.39, 0.29) is 12.5 Å². The molecule has 0 aliphatic carbocycles. The molecule has 0 unspecified atom stereocenters. The molecule has 0 fully saturated rings. The number of para-hydroxylation sites is 3. The predicted octanol–water partition coefficient (Wildman–Crippen LogP) is 4.52. The lowest BCUT2D eigenvalue weighted by Gasteiger charge is -2.12. The molecule has 2 aromatic carbocycles. The summed E-state index contributed by atoms with van der Waals surface area (Å²) in [4.78, 5) is 16.4. The number of methoxy groups -OCH3 is 1. The molecule has 0 aliphatic heterocycles. The van der Waals surface area contributed by atoms with Crippen molar-refractivity contribution in [2.45, 2.75) is 13.8 Å². The summed E-state index contributed by atoms with van der Waals surface area (Å²) in [7, 11) is 1.58. The number of hydrogen-bond acceptors (Lipinski definition) is 5. The Kier molecular flexibility index (Phi) is 6.11. The largest absolute Gasteiger partial charge is 0.493 e. The topological polar surface area (TPSA) is 69.7 Å². The van der Waals surface area contributed by atoms with Gasteiger partial charge in [-0.15, -0.1) is 0 Å². The molecule has 0 saturated carbocycles. The minimum absolute atomic E-state index is 0.0782. The van der Waals surface area contributed by atoms with Gasteiger partial charge in [0.25, 0.3) is 5.91 Å². The Labute approximate surface area is 164 Å². The Morgan fingerprint density at radius 1 is 0.964 bits per heavy atom. The molecule has 3 rings (SSSR count). The molecule has 0 atom stereocenters. The number of pyridine rings is 1. The standard InChI is InChI=1S/C22H22N2O4/c1-15-7-6-8-16(2)22(15)27-14-20(25)24-17-11-12-21(23-13-17)28-19-10-5-4-9-18(19)26-3/h4-13H,14H2,1-3H3,(H,24,25). The first-order valence-electron chi connectivity index (χ1n) is 8.82. The maximum Gasteiger partial charge on any atom is 0.262 e. The average Bonchev–Trinajstić information content (AvgIpc) is 2.69. The lowest BCUT2D eigenvalue weighted by Crippen LogP contribution is -2.20. The van der Waals surface area contributed by atoms with E-state index in [4.69, 9.17) is 14.2 Å². The molecule has 0 radical (unpaired) electrons. The lowest BCUT2D eigenvalue weighted by molar-refractivity contribution is -0.118. The highest BCUT2D eigenvalue weighted by Crippen LogP contribution is 2.30. The van der Waals surface area contributed by atoms with Crippen LogP contribution < -0.4 is 19.5 Å². The van der Waals surface area contributed by atoms with Crippen molar-refractivity contribution in [1.82, 2.24) is 4.98 Å². The maximum absolute atomic E-state index is 12.2. The number of carbonyl (C=O) groups excluding carboxylic acids is 1. The van der Waals surface area contributed by atoms with Crippen LogP contribution in [0.4, 0.5) is 5.69 Å². The van der Waals surface area contributed by atoms with E-state index in [9.17, 15) is 4.79 Å². The molecule has 1 amide bonds. The summed E-state index contributed by atoms with van der Waals surface area (Å²) in [6.07, 6.45) is 1.53. The molecule has 1 N–H and O–H groups in total. The zero-order valence-corrected chi connectivity index (χ0v) is 16.1. The summed E-state index contributed by atoms with van der Waals surface area (Å²) in [5, 5.41) is 2.76. The van der Waals surface area contributed by atoms with E-state index in [2.05, 4.69) is 10.3 Å². The van der Waals surface area contributed by atoms with Crippen molar-refractivity contribution in [3.63, 3.8) is 0 Å². The van der Waals surface area contributed by atoms with Crippen LogP contribution in [-0.2, 0) is 4.79 Å². The molecule has 0 saturated heterocycles. The van der Waals surface area contributed by atoms with E-state index in [0.29, 0.717) is 23.1 Å². The number of anilines is 1. The van der Waals surface area contributed by atoms with Crippen LogP contribution >= 0.6 is 0 Å². The van der Waals surface area contributed by atoms with E-state index < -0.39 is 0 Å². The summed E-state index contributed by atoms with van der Waals surface area (Å²) in [5.41, 5.74) is 2.54. The van der Waals surface area contributed by atoms with Gasteiger partial charge in [-0.1, -0.05) is 30.3 Å². The Morgan fingerprint density at radius 3 is 2.32 bits per heavy atom. The highest BCUT2D eigenvalue weighted by molar-refractivity contribution is 5.91. The number of ether oxygens (including phenoxy) is 3. The van der Waals surface area contributed by atoms with Crippen molar-refractivity contribution in [2.24, 2.45) is 0 Å². The van der Waals surface area contributed by atoms with Crippen LogP contribution in [0, 0.1) is 13.8 Å². The highest BCUT2D eigenvalue weighted by Gasteiger charge is 2.09. The van der Waals surface area contributed by atoms with Gasteiger partial charge in [-0.05, 0) is 43.2 Å². The van der Waals surface area contributed by atoms with Gasteiger partial charge in [0.15, 0.2) is 18.1 Å². The van der Waals surface area contributed by atoms with Crippen LogP contribution in [0.5, 0.6) is 23.1 Å². The first kappa shape index (κ1) is 19.2. The molecule has 6 heteroatoms. The van der Waals surface area contributed by atoms with Gasteiger partial charge in [0.05, 0.1) is 19.0 Å². The highest BCUT2D eigenvalue weighted by atomic mass is 16.5. The number of nitrogens with one attached hydrogen (secondary N) is 1. The molecule has 0 bridgehead atoms. The minimum Gasteiger partial charge on any atom is -0.493 e. The Hall–Kier alpha value is -3.54. The second kappa shape index (κ2) is 8.90. The van der Waals surface area contributed by atoms with E-state index in [1.807, 2.05) is 44.2 Å². The van der Waals surface area contributed by atoms with Crippen LogP contribution in [0.25, 0.3) is 0 Å². The van der Waals surface area contributed by atoms with Gasteiger partial charge >= 0.3 is 0 Å². The first-order valence-corrected chi connectivity index (χ1v) is 8.82. The lowest BCUT2D eigenvalue weighted by atomic mass is 10.1. The van der Waals surface area contributed by atoms with Crippen LogP contribution in [0.3, 0.4) is 0 Å². The summed E-state index contributed by atoms with van der Waals surface area (Å²) >= 11 is 0. The van der Waals surface area contributed by atoms with Gasteiger partial charge in [-0.25, -0.2) is 4.98 Å². The molecule has 28 heavy (non-hydrogen) atoms. The second-order valence-electron chi connectivity index (χ2n) is 6.20. The van der Waals surface area contributed by atoms with Gasteiger partial charge in [-0.3, -0.25) is 4.79 Å². The maximum atomic E-state index is 12.2. The summed E-state index contributed by atoms with van der Waals surface area (Å²) < 4.78 is 16.6. The molecular formula is C22H22N2O4. The van der Waals surface area contributed by atoms with Crippen LogP contribution in [0.1, 0.15) is 11.1 Å². The number of benzene rings is 2. The minimum atomic E-state index is -0.261. The third-order valence-corrected chi connectivity index (χ3v) is 4.06. The van der Waals surface area contributed by atoms with Crippen LogP contribution in [-0.4, -0.2) is 24.6 Å². The van der Waals surface area contributed by atoms with Gasteiger partial charge in [0.1, 0.15) is 5.75 Å². The summed E-state index contributed by atoms with van der Waals surface area (Å²) in [6.45, 7) is 3.82. The number of hydrogen-bond donors (Lipinski definition) is 1. The fourth-order valence-electron chi connectivity index (χ4n) is 2.69. The summed E-state index contributed by atoms with van der Waals surface area (Å²) in [5.74, 6) is 2.05. The van der Waals surface area contributed by atoms with Gasteiger partial charge in [-0.2, -0.15) is 0 Å². The molecule has 3 aromatic rings. The van der Waals surface area contributed by atoms with Gasteiger partial charge in [0, 0.05) is 6.07 Å². The average molecular weight is 378 g/mol. The normalized spacial score (nSPS) is 10.2. The number of rotatable bonds is 7. The van der Waals surface area contributed by atoms with Crippen LogP contribution in [0.15, 0.2) is 60.8 Å². The Bertz CT molecular complexity index is 935. The number of carbonyl (C=O) groups is 1. The molecule has 6 nitrogen and oxygen atoms in total. The summed E-state index contributed by atoms with van der Waals surface area (Å²) in [6, 6.07) is 16.6. The van der Waals surface area contributed by atoms with Crippen molar-refractivity contribution in [3.8, 4) is 23.1 Å². The number of aromatic nitrogens is 1. The third-order valence-electron chi connectivity index (χ3n) is 4.06. The molecule has 1 aromatic heterocycles. The van der Waals surface area contributed by atoms with E-state index in [1.54, 1.807) is 31.4 Å². The molecule has 144 valence electrons. The zero-order chi connectivity index (χ0) is 19.9. The fraction of sp³-hybridized carbons (Fsp3) is 0.182. The quantitative estimate of drug-likeness (QED) is 0.655. The van der Waals surface area contributed by atoms with Crippen LogP contribution in [0.2, 0.25) is 0 Å². The van der Waals surface area contributed by atoms with Crippen molar-refractivity contribution in [2.75, 3.05) is 19.0 Å². The predicted molar refractivity (Wildman–Crippen MR) is 107 cm³/mol. The van der Waals surface area contributed by atoms with E-state index in [1.165, 1.54) is 6.20 Å². The monoisotopic (exact) mass is 378 g/mol. The van der Waals surface area contributed by atoms with Crippen molar-refractivity contribution < 1.29 is 19.0 Å².